The highest BCUT2D eigenvalue weighted by atomic mass is 31.2. The molecular formula is C14H21O3P. The van der Waals surface area contributed by atoms with E-state index in [9.17, 15) is 14.4 Å². The lowest BCUT2D eigenvalue weighted by Gasteiger charge is -2.23. The lowest BCUT2D eigenvalue weighted by Crippen LogP contribution is -2.17. The molecule has 0 saturated heterocycles. The molecule has 1 rings (SSSR count). The van der Waals surface area contributed by atoms with Crippen LogP contribution in [-0.4, -0.2) is 9.79 Å². The van der Waals surface area contributed by atoms with E-state index in [0.717, 1.165) is 16.7 Å². The van der Waals surface area contributed by atoms with Gasteiger partial charge in [-0.3, -0.25) is 4.57 Å². The maximum Gasteiger partial charge on any atom is 0.356 e. The highest BCUT2D eigenvalue weighted by Gasteiger charge is 2.26. The molecule has 2 N–H and O–H groups in total. The van der Waals surface area contributed by atoms with Crippen LogP contribution in [0.15, 0.2) is 18.7 Å². The molecule has 1 aromatic rings. The van der Waals surface area contributed by atoms with Crippen molar-refractivity contribution in [3.8, 4) is 0 Å². The van der Waals surface area contributed by atoms with E-state index < -0.39 is 7.60 Å². The summed E-state index contributed by atoms with van der Waals surface area (Å²) in [5, 5.41) is 0.145. The molecule has 100 valence electrons. The fraction of sp³-hybridized carbons (Fsp3) is 0.429. The third kappa shape index (κ3) is 2.92. The van der Waals surface area contributed by atoms with Gasteiger partial charge in [-0.2, -0.15) is 0 Å². The van der Waals surface area contributed by atoms with E-state index in [4.69, 9.17) is 0 Å². The van der Waals surface area contributed by atoms with Crippen molar-refractivity contribution in [1.29, 1.82) is 0 Å². The molecule has 0 aliphatic carbocycles. The molecule has 0 aromatic heterocycles. The summed E-state index contributed by atoms with van der Waals surface area (Å²) in [6.07, 6.45) is 1.74. The van der Waals surface area contributed by atoms with Gasteiger partial charge in [-0.1, -0.05) is 46.4 Å². The minimum absolute atomic E-state index is 0.0601. The second kappa shape index (κ2) is 5.40. The largest absolute Gasteiger partial charge is 0.356 e. The van der Waals surface area contributed by atoms with Crippen LogP contribution < -0.4 is 5.30 Å². The summed E-state index contributed by atoms with van der Waals surface area (Å²) in [5.74, 6) is 0.256. The average molecular weight is 268 g/mol. The number of rotatable bonds is 4. The van der Waals surface area contributed by atoms with Crippen molar-refractivity contribution in [1.82, 2.24) is 0 Å². The minimum Gasteiger partial charge on any atom is -0.321 e. The normalized spacial score (nSPS) is 12.2. The van der Waals surface area contributed by atoms with Crippen LogP contribution in [0.1, 0.15) is 56.2 Å². The Labute approximate surface area is 109 Å². The van der Waals surface area contributed by atoms with Gasteiger partial charge in [0.1, 0.15) is 0 Å². The smallest absolute Gasteiger partial charge is 0.321 e. The summed E-state index contributed by atoms with van der Waals surface area (Å²) in [6.45, 7) is 11.7. The van der Waals surface area contributed by atoms with Crippen LogP contribution in [-0.2, 0) is 4.57 Å². The zero-order valence-electron chi connectivity index (χ0n) is 11.3. The molecule has 0 spiro atoms. The number of hydrogen-bond donors (Lipinski definition) is 2. The van der Waals surface area contributed by atoms with E-state index in [-0.39, 0.29) is 17.1 Å². The summed E-state index contributed by atoms with van der Waals surface area (Å²) >= 11 is 0. The highest BCUT2D eigenvalue weighted by molar-refractivity contribution is 7.60. The monoisotopic (exact) mass is 268 g/mol. The van der Waals surface area contributed by atoms with Crippen molar-refractivity contribution in [3.05, 3.63) is 35.4 Å². The first-order valence-corrected chi connectivity index (χ1v) is 7.66. The quantitative estimate of drug-likeness (QED) is 0.823. The van der Waals surface area contributed by atoms with Crippen LogP contribution in [0.5, 0.6) is 0 Å². The predicted octanol–water partition coefficient (Wildman–Crippen LogP) is 3.38. The van der Waals surface area contributed by atoms with Crippen LogP contribution in [0.3, 0.4) is 0 Å². The molecular weight excluding hydrogens is 247 g/mol. The van der Waals surface area contributed by atoms with E-state index in [1.54, 1.807) is 12.1 Å². The zero-order valence-corrected chi connectivity index (χ0v) is 12.2. The third-order valence-electron chi connectivity index (χ3n) is 2.99. The van der Waals surface area contributed by atoms with Gasteiger partial charge in [0, 0.05) is 0 Å². The van der Waals surface area contributed by atoms with Gasteiger partial charge in [-0.25, -0.2) is 0 Å². The molecule has 3 nitrogen and oxygen atoms in total. The Morgan fingerprint density at radius 1 is 1.11 bits per heavy atom. The van der Waals surface area contributed by atoms with Crippen LogP contribution in [0, 0.1) is 0 Å². The molecule has 0 aliphatic heterocycles. The third-order valence-corrected chi connectivity index (χ3v) is 4.00. The first-order chi connectivity index (χ1) is 8.20. The molecule has 0 radical (unpaired) electrons. The van der Waals surface area contributed by atoms with Gasteiger partial charge in [0.25, 0.3) is 0 Å². The van der Waals surface area contributed by atoms with Crippen molar-refractivity contribution in [3.63, 3.8) is 0 Å². The second-order valence-electron chi connectivity index (χ2n) is 5.06. The van der Waals surface area contributed by atoms with Crippen LogP contribution in [0.25, 0.3) is 6.08 Å². The van der Waals surface area contributed by atoms with E-state index >= 15 is 0 Å². The Bertz CT molecular complexity index is 498. The zero-order chi connectivity index (χ0) is 14.1. The summed E-state index contributed by atoms with van der Waals surface area (Å²) in [5.41, 5.74) is 2.70. The van der Waals surface area contributed by atoms with Gasteiger partial charge >= 0.3 is 7.60 Å². The minimum atomic E-state index is -4.24. The van der Waals surface area contributed by atoms with Crippen molar-refractivity contribution in [2.24, 2.45) is 0 Å². The standard InChI is InChI=1S/C14H21O3P/c1-6-11-7-8-12(18(15,16)17)14(10(4)5)13(11)9(2)3/h6-10H,1H2,2-5H3,(H2,15,16,17). The second-order valence-corrected chi connectivity index (χ2v) is 6.63. The summed E-state index contributed by atoms with van der Waals surface area (Å²) in [7, 11) is -4.24. The molecule has 0 atom stereocenters. The molecule has 1 aromatic carbocycles. The van der Waals surface area contributed by atoms with Gasteiger partial charge in [-0.15, -0.1) is 0 Å². The molecule has 0 fully saturated rings. The van der Waals surface area contributed by atoms with Gasteiger partial charge in [-0.05, 0) is 34.6 Å². The number of benzene rings is 1. The Morgan fingerprint density at radius 3 is 1.94 bits per heavy atom. The van der Waals surface area contributed by atoms with Crippen molar-refractivity contribution < 1.29 is 14.4 Å². The average Bonchev–Trinajstić information content (AvgIpc) is 2.25. The fourth-order valence-electron chi connectivity index (χ4n) is 2.32. The lowest BCUT2D eigenvalue weighted by molar-refractivity contribution is 0.387. The maximum atomic E-state index is 11.6. The first kappa shape index (κ1) is 15.2. The van der Waals surface area contributed by atoms with Crippen molar-refractivity contribution >= 4 is 19.0 Å². The molecule has 0 heterocycles. The predicted molar refractivity (Wildman–Crippen MR) is 76.4 cm³/mol. The Kier molecular flexibility index (Phi) is 4.55. The SMILES string of the molecule is C=Cc1ccc(P(=O)(O)O)c(C(C)C)c1C(C)C. The lowest BCUT2D eigenvalue weighted by atomic mass is 9.87. The summed E-state index contributed by atoms with van der Waals surface area (Å²) in [6, 6.07) is 3.27. The fourth-order valence-corrected chi connectivity index (χ4v) is 3.29. The van der Waals surface area contributed by atoms with Gasteiger partial charge < -0.3 is 9.79 Å². The highest BCUT2D eigenvalue weighted by Crippen LogP contribution is 2.40. The molecule has 18 heavy (non-hydrogen) atoms. The van der Waals surface area contributed by atoms with Crippen molar-refractivity contribution in [2.75, 3.05) is 0 Å². The molecule has 4 heteroatoms. The summed E-state index contributed by atoms with van der Waals surface area (Å²) in [4.78, 5) is 18.9. The topological polar surface area (TPSA) is 57.5 Å². The maximum absolute atomic E-state index is 11.6. The van der Waals surface area contributed by atoms with Crippen LogP contribution in [0.2, 0.25) is 0 Å². The van der Waals surface area contributed by atoms with E-state index in [1.165, 1.54) is 6.07 Å². The van der Waals surface area contributed by atoms with Gasteiger partial charge in [0.15, 0.2) is 0 Å². The molecule has 0 bridgehead atoms. The molecule has 0 unspecified atom stereocenters. The van der Waals surface area contributed by atoms with E-state index in [1.807, 2.05) is 27.7 Å². The van der Waals surface area contributed by atoms with E-state index in [2.05, 4.69) is 6.58 Å². The molecule has 0 saturated carbocycles. The van der Waals surface area contributed by atoms with Crippen LogP contribution >= 0.6 is 7.60 Å². The number of hydrogen-bond acceptors (Lipinski definition) is 1. The Morgan fingerprint density at radius 2 is 1.61 bits per heavy atom. The van der Waals surface area contributed by atoms with E-state index in [0.29, 0.717) is 0 Å². The van der Waals surface area contributed by atoms with Gasteiger partial charge in [0.2, 0.25) is 0 Å². The molecule has 0 aliphatic rings. The molecule has 0 amide bonds. The van der Waals surface area contributed by atoms with Crippen molar-refractivity contribution in [2.45, 2.75) is 39.5 Å². The Hall–Kier alpha value is -0.890. The first-order valence-electron chi connectivity index (χ1n) is 6.05. The van der Waals surface area contributed by atoms with Gasteiger partial charge in [0.05, 0.1) is 5.30 Å². The summed E-state index contributed by atoms with van der Waals surface area (Å²) < 4.78 is 11.6. The Balaban J connectivity index is 3.74. The van der Waals surface area contributed by atoms with Crippen LogP contribution in [0.4, 0.5) is 0 Å².